The van der Waals surface area contributed by atoms with E-state index in [2.05, 4.69) is 16.5 Å². The molecule has 1 N–H and O–H groups in total. The lowest BCUT2D eigenvalue weighted by Gasteiger charge is -2.42. The molecule has 1 fully saturated rings. The van der Waals surface area contributed by atoms with Gasteiger partial charge in [0.05, 0.1) is 18.2 Å². The number of para-hydroxylation sites is 1. The van der Waals surface area contributed by atoms with Crippen molar-refractivity contribution in [3.63, 3.8) is 0 Å². The standard InChI is InChI=1S/C25H34N4O3/c1-28-18-20(17-27-28)10-11-23(30)29-15-6-13-25(19-29)12-5-4-8-21-7-2-3-9-22(21)32-16-14-26-24(25)31/h2-3,7,9,17-18H,4-6,8,10-16,19H2,1H3,(H,26,31). The average molecular weight is 439 g/mol. The quantitative estimate of drug-likeness (QED) is 0.800. The molecule has 2 amide bonds. The fourth-order valence-electron chi connectivity index (χ4n) is 5.00. The number of fused-ring (bicyclic) bond motifs is 1. The number of carbonyl (C=O) groups is 2. The maximum Gasteiger partial charge on any atom is 0.228 e. The summed E-state index contributed by atoms with van der Waals surface area (Å²) in [5, 5.41) is 7.28. The van der Waals surface area contributed by atoms with Crippen molar-refractivity contribution in [2.24, 2.45) is 12.5 Å². The number of piperidine rings is 1. The summed E-state index contributed by atoms with van der Waals surface area (Å²) in [6, 6.07) is 8.16. The Kier molecular flexibility index (Phi) is 7.12. The summed E-state index contributed by atoms with van der Waals surface area (Å²) in [4.78, 5) is 28.2. The van der Waals surface area contributed by atoms with Crippen molar-refractivity contribution in [2.75, 3.05) is 26.2 Å². The summed E-state index contributed by atoms with van der Waals surface area (Å²) >= 11 is 0. The topological polar surface area (TPSA) is 76.5 Å². The van der Waals surface area contributed by atoms with Crippen LogP contribution in [-0.4, -0.2) is 52.7 Å². The summed E-state index contributed by atoms with van der Waals surface area (Å²) in [7, 11) is 1.88. The van der Waals surface area contributed by atoms with E-state index in [1.165, 1.54) is 5.56 Å². The molecule has 1 unspecified atom stereocenters. The highest BCUT2D eigenvalue weighted by Crippen LogP contribution is 2.36. The fraction of sp³-hybridized carbons (Fsp3) is 0.560. The number of hydrogen-bond acceptors (Lipinski definition) is 4. The maximum atomic E-state index is 13.3. The number of ether oxygens (including phenoxy) is 1. The van der Waals surface area contributed by atoms with Gasteiger partial charge in [0.2, 0.25) is 11.8 Å². The largest absolute Gasteiger partial charge is 0.491 e. The summed E-state index contributed by atoms with van der Waals surface area (Å²) in [6.45, 7) is 2.18. The number of amides is 2. The first-order chi connectivity index (χ1) is 15.6. The number of aryl methyl sites for hydroxylation is 3. The zero-order chi connectivity index (χ0) is 22.4. The van der Waals surface area contributed by atoms with Crippen molar-refractivity contribution in [3.05, 3.63) is 47.8 Å². The third-order valence-electron chi connectivity index (χ3n) is 6.77. The molecule has 3 heterocycles. The monoisotopic (exact) mass is 438 g/mol. The van der Waals surface area contributed by atoms with Crippen LogP contribution in [0.3, 0.4) is 0 Å². The van der Waals surface area contributed by atoms with E-state index in [0.29, 0.717) is 32.5 Å². The smallest absolute Gasteiger partial charge is 0.228 e. The first kappa shape index (κ1) is 22.4. The van der Waals surface area contributed by atoms with E-state index < -0.39 is 5.41 Å². The van der Waals surface area contributed by atoms with Crippen LogP contribution in [0.5, 0.6) is 5.75 Å². The second-order valence-electron chi connectivity index (χ2n) is 9.14. The molecule has 0 saturated carbocycles. The van der Waals surface area contributed by atoms with Crippen LogP contribution < -0.4 is 10.1 Å². The number of likely N-dealkylation sites (tertiary alicyclic amines) is 1. The van der Waals surface area contributed by atoms with Gasteiger partial charge in [-0.3, -0.25) is 14.3 Å². The molecular weight excluding hydrogens is 404 g/mol. The minimum atomic E-state index is -0.499. The van der Waals surface area contributed by atoms with Crippen LogP contribution in [0.4, 0.5) is 0 Å². The van der Waals surface area contributed by atoms with Gasteiger partial charge in [-0.25, -0.2) is 0 Å². The van der Waals surface area contributed by atoms with Crippen LogP contribution in [-0.2, 0) is 29.5 Å². The van der Waals surface area contributed by atoms with Crippen molar-refractivity contribution in [1.29, 1.82) is 0 Å². The van der Waals surface area contributed by atoms with E-state index in [1.54, 1.807) is 4.68 Å². The van der Waals surface area contributed by atoms with Crippen molar-refractivity contribution in [1.82, 2.24) is 20.0 Å². The van der Waals surface area contributed by atoms with E-state index in [0.717, 1.165) is 56.4 Å². The number of hydrogen-bond donors (Lipinski definition) is 1. The van der Waals surface area contributed by atoms with E-state index in [9.17, 15) is 9.59 Å². The fourth-order valence-corrected chi connectivity index (χ4v) is 5.00. The molecule has 7 nitrogen and oxygen atoms in total. The summed E-state index contributed by atoms with van der Waals surface area (Å²) in [5.74, 6) is 1.11. The van der Waals surface area contributed by atoms with E-state index in [4.69, 9.17) is 4.74 Å². The second kappa shape index (κ2) is 10.2. The van der Waals surface area contributed by atoms with Crippen LogP contribution in [0, 0.1) is 5.41 Å². The molecule has 172 valence electrons. The zero-order valence-electron chi connectivity index (χ0n) is 19.0. The van der Waals surface area contributed by atoms with Gasteiger partial charge in [0.1, 0.15) is 12.4 Å². The number of nitrogens with zero attached hydrogens (tertiary/aromatic N) is 3. The Labute approximate surface area is 190 Å². The lowest BCUT2D eigenvalue weighted by atomic mass is 9.74. The molecule has 1 aromatic heterocycles. The number of nitrogens with one attached hydrogen (secondary N) is 1. The van der Waals surface area contributed by atoms with Crippen molar-refractivity contribution in [2.45, 2.75) is 51.4 Å². The number of benzene rings is 1. The normalized spacial score (nSPS) is 22.3. The molecule has 2 aromatic rings. The van der Waals surface area contributed by atoms with E-state index in [1.807, 2.05) is 42.5 Å². The van der Waals surface area contributed by atoms with Crippen LogP contribution in [0.15, 0.2) is 36.7 Å². The van der Waals surface area contributed by atoms with Gasteiger partial charge in [0, 0.05) is 32.8 Å². The molecule has 4 rings (SSSR count). The highest BCUT2D eigenvalue weighted by molar-refractivity contribution is 5.84. The van der Waals surface area contributed by atoms with Gasteiger partial charge in [-0.1, -0.05) is 24.6 Å². The molecule has 1 atom stereocenters. The van der Waals surface area contributed by atoms with E-state index >= 15 is 0 Å². The SMILES string of the molecule is Cn1cc(CCC(=O)N2CCCC3(CCCCc4ccccc4OCCNC3=O)C2)cn1. The Bertz CT molecular complexity index is 941. The Balaban J connectivity index is 1.40. The van der Waals surface area contributed by atoms with Gasteiger partial charge in [-0.15, -0.1) is 0 Å². The maximum absolute atomic E-state index is 13.3. The lowest BCUT2D eigenvalue weighted by molar-refractivity contribution is -0.142. The van der Waals surface area contributed by atoms with Gasteiger partial charge in [-0.05, 0) is 55.7 Å². The molecule has 1 saturated heterocycles. The van der Waals surface area contributed by atoms with Gasteiger partial charge in [0.15, 0.2) is 0 Å². The number of rotatable bonds is 3. The molecule has 1 spiro atoms. The van der Waals surface area contributed by atoms with Crippen molar-refractivity contribution < 1.29 is 14.3 Å². The number of carbonyl (C=O) groups excluding carboxylic acids is 2. The zero-order valence-corrected chi connectivity index (χ0v) is 19.0. The molecule has 2 aliphatic rings. The summed E-state index contributed by atoms with van der Waals surface area (Å²) in [5.41, 5.74) is 1.79. The summed E-state index contributed by atoms with van der Waals surface area (Å²) < 4.78 is 7.69. The third-order valence-corrected chi connectivity index (χ3v) is 6.77. The molecular formula is C25H34N4O3. The number of aromatic nitrogens is 2. The minimum Gasteiger partial charge on any atom is -0.491 e. The average Bonchev–Trinajstić information content (AvgIpc) is 3.23. The van der Waals surface area contributed by atoms with Gasteiger partial charge < -0.3 is 15.0 Å². The summed E-state index contributed by atoms with van der Waals surface area (Å²) in [6.07, 6.45) is 10.3. The van der Waals surface area contributed by atoms with Gasteiger partial charge in [0.25, 0.3) is 0 Å². The molecule has 32 heavy (non-hydrogen) atoms. The van der Waals surface area contributed by atoms with Crippen LogP contribution in [0.1, 0.15) is 49.7 Å². The van der Waals surface area contributed by atoms with Crippen molar-refractivity contribution in [3.8, 4) is 5.75 Å². The minimum absolute atomic E-state index is 0.0692. The Morgan fingerprint density at radius 2 is 2.06 bits per heavy atom. The van der Waals surface area contributed by atoms with E-state index in [-0.39, 0.29) is 11.8 Å². The lowest BCUT2D eigenvalue weighted by Crippen LogP contribution is -2.54. The highest BCUT2D eigenvalue weighted by atomic mass is 16.5. The Hall–Kier alpha value is -2.83. The Morgan fingerprint density at radius 1 is 1.22 bits per heavy atom. The molecule has 0 bridgehead atoms. The molecule has 7 heteroatoms. The van der Waals surface area contributed by atoms with Crippen LogP contribution in [0.25, 0.3) is 0 Å². The van der Waals surface area contributed by atoms with Gasteiger partial charge in [-0.2, -0.15) is 5.10 Å². The first-order valence-corrected chi connectivity index (χ1v) is 11.8. The molecule has 0 radical (unpaired) electrons. The predicted octanol–water partition coefficient (Wildman–Crippen LogP) is 2.88. The highest BCUT2D eigenvalue weighted by Gasteiger charge is 2.42. The molecule has 0 aliphatic carbocycles. The molecule has 2 aliphatic heterocycles. The van der Waals surface area contributed by atoms with Crippen LogP contribution >= 0.6 is 0 Å². The third kappa shape index (κ3) is 5.31. The molecule has 1 aromatic carbocycles. The van der Waals surface area contributed by atoms with Crippen molar-refractivity contribution >= 4 is 11.8 Å². The predicted molar refractivity (Wildman–Crippen MR) is 122 cm³/mol. The van der Waals surface area contributed by atoms with Crippen LogP contribution in [0.2, 0.25) is 0 Å². The first-order valence-electron chi connectivity index (χ1n) is 11.8. The second-order valence-corrected chi connectivity index (χ2v) is 9.14. The Morgan fingerprint density at radius 3 is 2.91 bits per heavy atom. The van der Waals surface area contributed by atoms with Gasteiger partial charge >= 0.3 is 0 Å².